The minimum absolute atomic E-state index is 0. The van der Waals surface area contributed by atoms with Crippen LogP contribution in [0.25, 0.3) is 55.0 Å². The summed E-state index contributed by atoms with van der Waals surface area (Å²) in [5.74, 6) is 9.83. The van der Waals surface area contributed by atoms with Crippen LogP contribution in [-0.2, 0) is 89.5 Å². The molecule has 0 aliphatic heterocycles. The number of rotatable bonds is 14. The first-order valence-electron chi connectivity index (χ1n) is 36.6. The quantitative estimate of drug-likeness (QED) is 0.0444. The largest absolute Gasteiger partial charge is 1.00 e. The third kappa shape index (κ3) is 19.3. The van der Waals surface area contributed by atoms with Crippen molar-refractivity contribution in [2.75, 3.05) is 0 Å². The number of hydrogen-bond donors (Lipinski definition) is 0. The predicted molar refractivity (Wildman–Crippen MR) is 480 cm³/mol. The molecule has 0 atom stereocenters. The predicted octanol–water partition coefficient (Wildman–Crippen LogP) is 18.6. The van der Waals surface area contributed by atoms with Crippen molar-refractivity contribution in [2.45, 2.75) is 0 Å². The van der Waals surface area contributed by atoms with Gasteiger partial charge < -0.3 is 34.8 Å². The molecule has 560 valence electrons. The van der Waals surface area contributed by atoms with Crippen LogP contribution in [0, 0.1) is 49.4 Å². The van der Waals surface area contributed by atoms with E-state index in [1.54, 1.807) is 0 Å². The molecule has 0 saturated carbocycles. The number of nitrogens with zero attached hydrogens (tertiary/aromatic N) is 2. The van der Waals surface area contributed by atoms with Crippen molar-refractivity contribution in [3.8, 4) is 35.1 Å². The fraction of sp³-hybridized carbons (Fsp3) is 0. The van der Waals surface area contributed by atoms with Gasteiger partial charge in [0.15, 0.2) is 0 Å². The van der Waals surface area contributed by atoms with Gasteiger partial charge in [-0.25, -0.2) is 0 Å². The molecular weight excluding hydrogens is 2190 g/mol. The average molecular weight is 2260 g/mol. The van der Waals surface area contributed by atoms with E-state index in [4.69, 9.17) is 25.7 Å². The summed E-state index contributed by atoms with van der Waals surface area (Å²) in [7, 11) is -4.56. The normalized spacial score (nSPS) is 10.5. The Morgan fingerprint density at radius 1 is 0.175 bits per heavy atom. The summed E-state index contributed by atoms with van der Waals surface area (Å²) in [5.41, 5.74) is 9.37. The van der Waals surface area contributed by atoms with E-state index in [9.17, 15) is 0 Å². The monoisotopic (exact) mass is 2260 g/mol. The van der Waals surface area contributed by atoms with Gasteiger partial charge in [-0.1, -0.05) is 231 Å². The van der Waals surface area contributed by atoms with Crippen molar-refractivity contribution in [3.05, 3.63) is 473 Å². The van der Waals surface area contributed by atoms with Crippen molar-refractivity contribution in [2.24, 2.45) is 0 Å². The molecule has 0 unspecified atom stereocenters. The summed E-state index contributed by atoms with van der Waals surface area (Å²) >= 11 is 0. The maximum absolute atomic E-state index is 7.40. The maximum atomic E-state index is 7.40. The fourth-order valence-corrected chi connectivity index (χ4v) is 26.6. The van der Waals surface area contributed by atoms with E-state index in [2.05, 4.69) is 348 Å². The van der Waals surface area contributed by atoms with E-state index in [1.165, 1.54) is 63.7 Å². The molecule has 0 bridgehead atoms. The third-order valence-corrected chi connectivity index (χ3v) is 31.3. The summed E-state index contributed by atoms with van der Waals surface area (Å²) in [4.78, 5) is 0. The first-order valence-corrected chi connectivity index (χ1v) is 42.6. The summed E-state index contributed by atoms with van der Waals surface area (Å²) in [5, 5.41) is 21.8. The fourth-order valence-electron chi connectivity index (χ4n) is 14.7. The van der Waals surface area contributed by atoms with Gasteiger partial charge in [0.2, 0.25) is 0 Å². The summed E-state index contributed by atoms with van der Waals surface area (Å²) in [6.07, 6.45) is 29.5. The van der Waals surface area contributed by atoms with Crippen LogP contribution in [0.15, 0.2) is 425 Å². The molecule has 16 aromatic carbocycles. The molecule has 0 radical (unpaired) electrons. The molecule has 10 heteroatoms. The number of hydrogen-bond acceptors (Lipinski definition) is 0. The van der Waals surface area contributed by atoms with E-state index in [1.807, 2.05) is 109 Å². The molecule has 2 aromatic heterocycles. The summed E-state index contributed by atoms with van der Waals surface area (Å²) in [6, 6.07) is 151. The first-order chi connectivity index (χ1) is 54.5. The van der Waals surface area contributed by atoms with E-state index in [0.29, 0.717) is 0 Å². The van der Waals surface area contributed by atoms with Crippen LogP contribution >= 0.6 is 31.7 Å². The van der Waals surface area contributed by atoms with E-state index < -0.39 is 31.7 Å². The maximum Gasteiger partial charge on any atom is 1.00 e. The third-order valence-electron chi connectivity index (χ3n) is 19.6. The zero-order chi connectivity index (χ0) is 74.8. The van der Waals surface area contributed by atoms with Crippen molar-refractivity contribution < 1.29 is 89.5 Å². The Kier molecular flexibility index (Phi) is 31.2. The van der Waals surface area contributed by atoms with Gasteiger partial charge in [0, 0.05) is 33.2 Å². The molecule has 0 aliphatic rings. The standard InChI is InChI=1S/2C30H24P2.2C22H11N.4Au/c2*1-5-15-25(16-6-1)31(26-17-7-2-8-18-26)29-23-13-14-24-30(29)32(27-19-9-3-10-20-27)28-21-11-4-12-22-28;2*1-3-16-11-13-21-20(14-16)19-12-10-17(4-2)15-22(19)23(21)18-8-6-5-7-9-18;;;;/h2*1-24H;2*5-15H;;;;/q;;2*-2;4*+1/p+4. The summed E-state index contributed by atoms with van der Waals surface area (Å²) < 4.78 is 4.36. The smallest absolute Gasteiger partial charge is 0.366 e. The molecule has 0 aliphatic carbocycles. The van der Waals surface area contributed by atoms with Gasteiger partial charge in [-0.15, -0.1) is 70.8 Å². The molecule has 0 amide bonds. The Labute approximate surface area is 737 Å². The second kappa shape index (κ2) is 41.9. The van der Waals surface area contributed by atoms with E-state index in [-0.39, 0.29) is 89.5 Å². The zero-order valence-corrected chi connectivity index (χ0v) is 74.2. The van der Waals surface area contributed by atoms with Crippen LogP contribution in [0.3, 0.4) is 0 Å². The van der Waals surface area contributed by atoms with Crippen molar-refractivity contribution in [1.29, 1.82) is 0 Å². The average Bonchev–Trinajstić information content (AvgIpc) is 1.53. The second-order valence-electron chi connectivity index (χ2n) is 26.3. The van der Waals surface area contributed by atoms with Gasteiger partial charge in [0.25, 0.3) is 0 Å². The number of para-hydroxylation sites is 2. The molecular formula is C104H74Au4N2P4+4. The van der Waals surface area contributed by atoms with Crippen LogP contribution < -0.4 is 63.7 Å². The van der Waals surface area contributed by atoms with Crippen LogP contribution in [0.2, 0.25) is 0 Å². The van der Waals surface area contributed by atoms with Crippen LogP contribution in [-0.4, -0.2) is 9.13 Å². The SMILES string of the molecule is [Au+].[Au+].[Au+].[Au+].[C-]#Cc1ccc2c(c1)c1ccc(C#[C-])cc1n2-c1ccccc1.[C-]#Cc1ccc2c(c1)c1ccc(C#[C-])cc1n2-c1ccccc1.c1ccc([PH+](c2ccccc2)c2ccccc2[PH+](c2ccccc2)c2ccccc2)cc1.c1ccc([PH+](c2ccccc2)c2ccccc2[PH+](c2ccccc2)c2ccccc2)cc1. The number of aromatic nitrogens is 2. The minimum atomic E-state index is -1.14. The molecule has 18 aromatic rings. The molecule has 0 spiro atoms. The molecule has 2 heterocycles. The topological polar surface area (TPSA) is 9.86 Å². The molecule has 18 rings (SSSR count). The van der Waals surface area contributed by atoms with Gasteiger partial charge >= 0.3 is 89.5 Å². The Morgan fingerprint density at radius 3 is 0.570 bits per heavy atom. The Morgan fingerprint density at radius 2 is 0.360 bits per heavy atom. The number of fused-ring (bicyclic) bond motifs is 6. The van der Waals surface area contributed by atoms with E-state index in [0.717, 1.165) is 77.2 Å². The second-order valence-corrected chi connectivity index (χ2v) is 36.1. The molecule has 114 heavy (non-hydrogen) atoms. The van der Waals surface area contributed by atoms with Gasteiger partial charge in [-0.3, -0.25) is 23.7 Å². The molecule has 0 saturated heterocycles. The van der Waals surface area contributed by atoms with Crippen LogP contribution in [0.4, 0.5) is 0 Å². The molecule has 2 nitrogen and oxygen atoms in total. The Balaban J connectivity index is 0.000000150. The minimum Gasteiger partial charge on any atom is -0.366 e. The Bertz CT molecular complexity index is 5580. The van der Waals surface area contributed by atoms with Crippen molar-refractivity contribution in [3.63, 3.8) is 0 Å². The van der Waals surface area contributed by atoms with E-state index >= 15 is 0 Å². The van der Waals surface area contributed by atoms with Crippen molar-refractivity contribution in [1.82, 2.24) is 9.13 Å². The van der Waals surface area contributed by atoms with Crippen molar-refractivity contribution >= 4 is 139 Å². The Hall–Kier alpha value is -9.96. The molecule has 0 fully saturated rings. The van der Waals surface area contributed by atoms with Crippen LogP contribution in [0.5, 0.6) is 0 Å². The van der Waals surface area contributed by atoms with Gasteiger partial charge in [-0.2, -0.15) is 0 Å². The van der Waals surface area contributed by atoms with Gasteiger partial charge in [0.05, 0.1) is 11.0 Å². The summed E-state index contributed by atoms with van der Waals surface area (Å²) in [6.45, 7) is 0. The van der Waals surface area contributed by atoms with Gasteiger partial charge in [-0.05, 0) is 156 Å². The van der Waals surface area contributed by atoms with Crippen LogP contribution in [0.1, 0.15) is 22.3 Å². The zero-order valence-electron chi connectivity index (χ0n) is 61.5. The molecule has 0 N–H and O–H groups in total. The first kappa shape index (κ1) is 84.9. The number of benzene rings is 16. The van der Waals surface area contributed by atoms with Gasteiger partial charge in [0.1, 0.15) is 95.3 Å².